The fourth-order valence-electron chi connectivity index (χ4n) is 1.99. The summed E-state index contributed by atoms with van der Waals surface area (Å²) in [6, 6.07) is 9.43. The van der Waals surface area contributed by atoms with Crippen molar-refractivity contribution in [1.82, 2.24) is 0 Å². The molecule has 1 radical (unpaired) electrons. The van der Waals surface area contributed by atoms with Crippen LogP contribution >= 0.6 is 0 Å². The van der Waals surface area contributed by atoms with E-state index in [1.165, 1.54) is 13.0 Å². The maximum Gasteiger partial charge on any atom is 0.509 e. The highest BCUT2D eigenvalue weighted by molar-refractivity contribution is 5.61. The van der Waals surface area contributed by atoms with Crippen molar-refractivity contribution in [3.05, 3.63) is 42.5 Å². The Kier molecular flexibility index (Phi) is 4.42. The molecule has 0 atom stereocenters. The molecule has 1 fully saturated rings. The third-order valence-electron chi connectivity index (χ3n) is 2.91. The van der Waals surface area contributed by atoms with Crippen LogP contribution in [-0.2, 0) is 9.47 Å². The summed E-state index contributed by atoms with van der Waals surface area (Å²) >= 11 is 0. The van der Waals surface area contributed by atoms with Gasteiger partial charge in [0.1, 0.15) is 6.10 Å². The van der Waals surface area contributed by atoms with Gasteiger partial charge in [-0.1, -0.05) is 36.8 Å². The van der Waals surface area contributed by atoms with Gasteiger partial charge in [-0.3, -0.25) is 0 Å². The van der Waals surface area contributed by atoms with E-state index in [0.29, 0.717) is 0 Å². The first kappa shape index (κ1) is 12.0. The number of benzene rings is 1. The number of carbonyl (C=O) groups is 1. The summed E-state index contributed by atoms with van der Waals surface area (Å²) in [5.41, 5.74) is 0.855. The van der Waals surface area contributed by atoms with Gasteiger partial charge in [0.2, 0.25) is 0 Å². The van der Waals surface area contributed by atoms with E-state index in [4.69, 9.17) is 9.47 Å². The van der Waals surface area contributed by atoms with E-state index < -0.39 is 6.16 Å². The number of carbonyl (C=O) groups excluding carboxylic acids is 1. The van der Waals surface area contributed by atoms with Crippen LogP contribution in [0.1, 0.15) is 37.7 Å². The Morgan fingerprint density at radius 3 is 2.53 bits per heavy atom. The summed E-state index contributed by atoms with van der Waals surface area (Å²) in [4.78, 5) is 11.4. The average Bonchev–Trinajstić information content (AvgIpc) is 2.39. The molecule has 2 rings (SSSR count). The highest BCUT2D eigenvalue weighted by Gasteiger charge is 2.18. The topological polar surface area (TPSA) is 35.5 Å². The van der Waals surface area contributed by atoms with E-state index in [-0.39, 0.29) is 6.10 Å². The van der Waals surface area contributed by atoms with Gasteiger partial charge in [-0.2, -0.15) is 0 Å². The molecule has 1 aromatic rings. The number of rotatable bonds is 3. The van der Waals surface area contributed by atoms with Crippen molar-refractivity contribution in [3.8, 4) is 0 Å². The molecule has 3 nitrogen and oxygen atoms in total. The van der Waals surface area contributed by atoms with E-state index >= 15 is 0 Å². The van der Waals surface area contributed by atoms with Gasteiger partial charge >= 0.3 is 6.16 Å². The van der Waals surface area contributed by atoms with Crippen LogP contribution in [0.3, 0.4) is 0 Å². The van der Waals surface area contributed by atoms with Crippen LogP contribution in [0.4, 0.5) is 4.79 Å². The second-order valence-electron chi connectivity index (χ2n) is 4.27. The SMILES string of the molecule is O=C(O[CH]c1ccccc1)OC1CCCCC1. The second kappa shape index (κ2) is 6.28. The molecular formula is C14H17O3. The monoisotopic (exact) mass is 233 g/mol. The van der Waals surface area contributed by atoms with Crippen molar-refractivity contribution in [2.75, 3.05) is 0 Å². The maximum absolute atomic E-state index is 11.4. The highest BCUT2D eigenvalue weighted by atomic mass is 16.7. The Morgan fingerprint density at radius 2 is 1.82 bits per heavy atom. The molecule has 3 heteroatoms. The predicted octanol–water partition coefficient (Wildman–Crippen LogP) is 3.68. The van der Waals surface area contributed by atoms with E-state index in [9.17, 15) is 4.79 Å². The van der Waals surface area contributed by atoms with Gasteiger partial charge in [0.05, 0.1) is 0 Å². The summed E-state index contributed by atoms with van der Waals surface area (Å²) in [7, 11) is 0. The Hall–Kier alpha value is -1.51. The summed E-state index contributed by atoms with van der Waals surface area (Å²) in [6.45, 7) is 1.42. The minimum absolute atomic E-state index is 0.0421. The molecule has 1 saturated carbocycles. The van der Waals surface area contributed by atoms with Crippen LogP contribution in [0.15, 0.2) is 30.3 Å². The van der Waals surface area contributed by atoms with Gasteiger partial charge in [0.25, 0.3) is 0 Å². The van der Waals surface area contributed by atoms with E-state index in [0.717, 1.165) is 31.2 Å². The average molecular weight is 233 g/mol. The third-order valence-corrected chi connectivity index (χ3v) is 2.91. The van der Waals surface area contributed by atoms with E-state index in [1.807, 2.05) is 30.3 Å². The molecule has 1 aromatic carbocycles. The second-order valence-corrected chi connectivity index (χ2v) is 4.27. The lowest BCUT2D eigenvalue weighted by atomic mass is 9.98. The molecule has 0 spiro atoms. The Bertz CT molecular complexity index is 342. The van der Waals surface area contributed by atoms with Crippen molar-refractivity contribution >= 4 is 6.16 Å². The standard InChI is InChI=1S/C14H17O3/c15-14(17-13-9-5-2-6-10-13)16-11-12-7-3-1-4-8-12/h1,3-4,7-8,11,13H,2,5-6,9-10H2. The zero-order chi connectivity index (χ0) is 11.9. The first-order valence-electron chi connectivity index (χ1n) is 6.10. The van der Waals surface area contributed by atoms with Crippen molar-refractivity contribution in [2.45, 2.75) is 38.2 Å². The van der Waals surface area contributed by atoms with E-state index in [1.54, 1.807) is 0 Å². The molecule has 1 aliphatic rings. The van der Waals surface area contributed by atoms with Crippen LogP contribution in [0.25, 0.3) is 0 Å². The molecule has 17 heavy (non-hydrogen) atoms. The number of ether oxygens (including phenoxy) is 2. The zero-order valence-electron chi connectivity index (χ0n) is 9.80. The Morgan fingerprint density at radius 1 is 1.12 bits per heavy atom. The van der Waals surface area contributed by atoms with Crippen LogP contribution in [0.2, 0.25) is 0 Å². The maximum atomic E-state index is 11.4. The summed E-state index contributed by atoms with van der Waals surface area (Å²) in [5, 5.41) is 0. The first-order valence-corrected chi connectivity index (χ1v) is 6.10. The summed E-state index contributed by atoms with van der Waals surface area (Å²) < 4.78 is 10.2. The predicted molar refractivity (Wildman–Crippen MR) is 64.3 cm³/mol. The molecule has 0 N–H and O–H groups in total. The molecule has 0 aromatic heterocycles. The fraction of sp³-hybridized carbons (Fsp3) is 0.429. The van der Waals surface area contributed by atoms with Gasteiger partial charge in [0.15, 0.2) is 6.61 Å². The van der Waals surface area contributed by atoms with E-state index in [2.05, 4.69) is 0 Å². The van der Waals surface area contributed by atoms with Gasteiger partial charge in [0, 0.05) is 0 Å². The molecule has 1 aliphatic carbocycles. The van der Waals surface area contributed by atoms with Crippen molar-refractivity contribution in [2.24, 2.45) is 0 Å². The van der Waals surface area contributed by atoms with Gasteiger partial charge in [-0.05, 0) is 31.2 Å². The normalized spacial score (nSPS) is 16.5. The molecular weight excluding hydrogens is 216 g/mol. The van der Waals surface area contributed by atoms with Crippen LogP contribution in [0, 0.1) is 6.61 Å². The molecule has 0 heterocycles. The zero-order valence-corrected chi connectivity index (χ0v) is 9.80. The minimum atomic E-state index is -0.597. The van der Waals surface area contributed by atoms with Crippen molar-refractivity contribution in [3.63, 3.8) is 0 Å². The molecule has 0 amide bonds. The first-order chi connectivity index (χ1) is 8.34. The lowest BCUT2D eigenvalue weighted by Gasteiger charge is -2.21. The van der Waals surface area contributed by atoms with Crippen LogP contribution < -0.4 is 0 Å². The molecule has 0 unspecified atom stereocenters. The Balaban J connectivity index is 1.70. The van der Waals surface area contributed by atoms with Gasteiger partial charge in [-0.15, -0.1) is 0 Å². The molecule has 0 aliphatic heterocycles. The smallest absolute Gasteiger partial charge is 0.431 e. The lowest BCUT2D eigenvalue weighted by Crippen LogP contribution is -2.21. The minimum Gasteiger partial charge on any atom is -0.431 e. The molecule has 0 bridgehead atoms. The highest BCUT2D eigenvalue weighted by Crippen LogP contribution is 2.20. The van der Waals surface area contributed by atoms with Gasteiger partial charge < -0.3 is 9.47 Å². The number of hydrogen-bond donors (Lipinski definition) is 0. The summed E-state index contributed by atoms with van der Waals surface area (Å²) in [5.74, 6) is 0. The largest absolute Gasteiger partial charge is 0.509 e. The quantitative estimate of drug-likeness (QED) is 0.747. The van der Waals surface area contributed by atoms with Crippen LogP contribution in [-0.4, -0.2) is 12.3 Å². The van der Waals surface area contributed by atoms with Crippen molar-refractivity contribution < 1.29 is 14.3 Å². The molecule has 91 valence electrons. The third kappa shape index (κ3) is 4.10. The van der Waals surface area contributed by atoms with Crippen LogP contribution in [0.5, 0.6) is 0 Å². The fourth-order valence-corrected chi connectivity index (χ4v) is 1.99. The lowest BCUT2D eigenvalue weighted by molar-refractivity contribution is 0.0259. The number of hydrogen-bond acceptors (Lipinski definition) is 3. The van der Waals surface area contributed by atoms with Crippen molar-refractivity contribution in [1.29, 1.82) is 0 Å². The molecule has 0 saturated heterocycles. The Labute approximate surface area is 102 Å². The summed E-state index contributed by atoms with van der Waals surface area (Å²) in [6.07, 6.45) is 4.88. The van der Waals surface area contributed by atoms with Gasteiger partial charge in [-0.25, -0.2) is 4.79 Å².